The zero-order valence-electron chi connectivity index (χ0n) is 14.6. The van der Waals surface area contributed by atoms with E-state index in [2.05, 4.69) is 20.7 Å². The van der Waals surface area contributed by atoms with Crippen LogP contribution in [0.4, 0.5) is 0 Å². The van der Waals surface area contributed by atoms with Gasteiger partial charge in [0.15, 0.2) is 5.96 Å². The first-order valence-corrected chi connectivity index (χ1v) is 8.72. The van der Waals surface area contributed by atoms with E-state index >= 15 is 0 Å². The number of hydrogen-bond donors (Lipinski definition) is 2. The number of aliphatic imine (C=N–C) groups is 1. The molecule has 5 nitrogen and oxygen atoms in total. The zero-order valence-corrected chi connectivity index (χ0v) is 18.4. The fourth-order valence-electron chi connectivity index (χ4n) is 2.35. The maximum atomic E-state index is 6.28. The van der Waals surface area contributed by atoms with E-state index in [-0.39, 0.29) is 30.0 Å². The van der Waals surface area contributed by atoms with Crippen molar-refractivity contribution in [1.82, 2.24) is 20.4 Å². The second-order valence-corrected chi connectivity index (χ2v) is 6.41. The van der Waals surface area contributed by atoms with Crippen LogP contribution in [0.3, 0.4) is 0 Å². The van der Waals surface area contributed by atoms with Gasteiger partial charge in [0.1, 0.15) is 0 Å². The first-order valence-electron chi connectivity index (χ1n) is 7.97. The summed E-state index contributed by atoms with van der Waals surface area (Å²) in [6, 6.07) is 5.55. The highest BCUT2D eigenvalue weighted by molar-refractivity contribution is 14.0. The molecule has 0 radical (unpaired) electrons. The molecule has 0 aliphatic heterocycles. The number of aromatic nitrogens is 2. The van der Waals surface area contributed by atoms with Gasteiger partial charge in [-0.3, -0.25) is 9.67 Å². The molecule has 0 amide bonds. The number of benzene rings is 1. The van der Waals surface area contributed by atoms with Crippen LogP contribution in [0.15, 0.2) is 35.6 Å². The summed E-state index contributed by atoms with van der Waals surface area (Å²) in [5.41, 5.74) is 2.16. The summed E-state index contributed by atoms with van der Waals surface area (Å²) in [4.78, 5) is 4.62. The smallest absolute Gasteiger partial charge is 0.191 e. The van der Waals surface area contributed by atoms with Crippen molar-refractivity contribution in [1.29, 1.82) is 0 Å². The van der Waals surface area contributed by atoms with E-state index in [1.807, 2.05) is 45.4 Å². The Morgan fingerprint density at radius 1 is 1.36 bits per heavy atom. The Bertz CT molecular complexity index is 702. The van der Waals surface area contributed by atoms with Crippen molar-refractivity contribution in [2.75, 3.05) is 13.1 Å². The Morgan fingerprint density at radius 2 is 2.12 bits per heavy atom. The Morgan fingerprint density at radius 3 is 2.72 bits per heavy atom. The Kier molecular flexibility index (Phi) is 9.60. The number of guanidine groups is 1. The van der Waals surface area contributed by atoms with Gasteiger partial charge < -0.3 is 10.6 Å². The molecule has 0 fully saturated rings. The van der Waals surface area contributed by atoms with Crippen LogP contribution in [0.5, 0.6) is 0 Å². The van der Waals surface area contributed by atoms with Crippen LogP contribution >= 0.6 is 47.2 Å². The molecule has 2 N–H and O–H groups in total. The van der Waals surface area contributed by atoms with Gasteiger partial charge in [0.05, 0.1) is 12.2 Å². The summed E-state index contributed by atoms with van der Waals surface area (Å²) in [7, 11) is 1.91. The second-order valence-electron chi connectivity index (χ2n) is 5.56. The van der Waals surface area contributed by atoms with Gasteiger partial charge in [0.2, 0.25) is 0 Å². The van der Waals surface area contributed by atoms with Gasteiger partial charge in [-0.15, -0.1) is 24.0 Å². The lowest BCUT2D eigenvalue weighted by Crippen LogP contribution is -2.39. The summed E-state index contributed by atoms with van der Waals surface area (Å²) in [6.45, 7) is 5.56. The van der Waals surface area contributed by atoms with E-state index in [4.69, 9.17) is 23.2 Å². The van der Waals surface area contributed by atoms with Gasteiger partial charge in [-0.1, -0.05) is 29.3 Å². The number of nitrogens with one attached hydrogen (secondary N) is 2. The van der Waals surface area contributed by atoms with Crippen molar-refractivity contribution in [2.45, 2.75) is 26.3 Å². The minimum atomic E-state index is 0. The molecule has 0 saturated carbocycles. The molecular weight excluding hydrogens is 472 g/mol. The molecule has 25 heavy (non-hydrogen) atoms. The molecule has 0 saturated heterocycles. The normalized spacial score (nSPS) is 12.4. The largest absolute Gasteiger partial charge is 0.357 e. The first-order chi connectivity index (χ1) is 11.5. The van der Waals surface area contributed by atoms with Gasteiger partial charge >= 0.3 is 0 Å². The van der Waals surface area contributed by atoms with E-state index in [1.54, 1.807) is 10.7 Å². The zero-order chi connectivity index (χ0) is 17.5. The van der Waals surface area contributed by atoms with E-state index in [1.165, 1.54) is 5.56 Å². The summed E-state index contributed by atoms with van der Waals surface area (Å²) in [6.07, 6.45) is 4.72. The predicted octanol–water partition coefficient (Wildman–Crippen LogP) is 4.20. The van der Waals surface area contributed by atoms with Crippen LogP contribution < -0.4 is 10.6 Å². The highest BCUT2D eigenvalue weighted by Crippen LogP contribution is 2.25. The number of rotatable bonds is 6. The molecule has 2 rings (SSSR count). The fourth-order valence-corrected chi connectivity index (χ4v) is 2.93. The monoisotopic (exact) mass is 495 g/mol. The van der Waals surface area contributed by atoms with Gasteiger partial charge in [0, 0.05) is 36.4 Å². The molecule has 1 heterocycles. The maximum absolute atomic E-state index is 6.28. The van der Waals surface area contributed by atoms with E-state index in [9.17, 15) is 0 Å². The van der Waals surface area contributed by atoms with Crippen LogP contribution in [-0.4, -0.2) is 28.8 Å². The first kappa shape index (κ1) is 22.1. The quantitative estimate of drug-likeness (QED) is 0.358. The van der Waals surface area contributed by atoms with Crippen LogP contribution in [0.2, 0.25) is 10.0 Å². The topological polar surface area (TPSA) is 54.2 Å². The minimum Gasteiger partial charge on any atom is -0.357 e. The van der Waals surface area contributed by atoms with Crippen molar-refractivity contribution in [3.8, 4) is 0 Å². The van der Waals surface area contributed by atoms with E-state index in [0.717, 1.165) is 24.5 Å². The third-order valence-corrected chi connectivity index (χ3v) is 4.12. The Balaban J connectivity index is 0.00000312. The van der Waals surface area contributed by atoms with Crippen LogP contribution in [0, 0.1) is 0 Å². The molecule has 1 atom stereocenters. The summed E-state index contributed by atoms with van der Waals surface area (Å²) < 4.78 is 1.80. The average molecular weight is 496 g/mol. The SMILES string of the molecule is CCNC(=NCCc1cnn(C)c1)NC(C)c1ccc(Cl)cc1Cl.I. The summed E-state index contributed by atoms with van der Waals surface area (Å²) >= 11 is 12.2. The second kappa shape index (κ2) is 10.9. The molecule has 0 aliphatic rings. The number of hydrogen-bond acceptors (Lipinski definition) is 2. The lowest BCUT2D eigenvalue weighted by Gasteiger charge is -2.19. The molecule has 138 valence electrons. The summed E-state index contributed by atoms with van der Waals surface area (Å²) in [5, 5.41) is 12.1. The summed E-state index contributed by atoms with van der Waals surface area (Å²) in [5.74, 6) is 0.764. The minimum absolute atomic E-state index is 0. The molecular formula is C17H24Cl2IN5. The number of halogens is 3. The molecule has 2 aromatic rings. The average Bonchev–Trinajstić information content (AvgIpc) is 2.92. The molecule has 0 aliphatic carbocycles. The van der Waals surface area contributed by atoms with E-state index in [0.29, 0.717) is 16.6 Å². The van der Waals surface area contributed by atoms with Gasteiger partial charge in [-0.05, 0) is 43.5 Å². The number of aryl methyl sites for hydroxylation is 1. The molecule has 8 heteroatoms. The van der Waals surface area contributed by atoms with Crippen molar-refractivity contribution in [3.63, 3.8) is 0 Å². The molecule has 1 aromatic carbocycles. The van der Waals surface area contributed by atoms with Crippen LogP contribution in [0.25, 0.3) is 0 Å². The standard InChI is InChI=1S/C17H23Cl2N5.HI/c1-4-20-17(21-8-7-13-10-22-24(3)11-13)23-12(2)15-6-5-14(18)9-16(15)19;/h5-6,9-12H,4,7-8H2,1-3H3,(H2,20,21,23);1H. The van der Waals surface area contributed by atoms with Crippen LogP contribution in [0.1, 0.15) is 31.0 Å². The van der Waals surface area contributed by atoms with Crippen LogP contribution in [-0.2, 0) is 13.5 Å². The molecule has 1 unspecified atom stereocenters. The Labute approximate surface area is 176 Å². The van der Waals surface area contributed by atoms with Gasteiger partial charge in [-0.25, -0.2) is 0 Å². The van der Waals surface area contributed by atoms with Crippen molar-refractivity contribution in [2.24, 2.45) is 12.0 Å². The molecule has 0 bridgehead atoms. The highest BCUT2D eigenvalue weighted by Gasteiger charge is 2.11. The number of nitrogens with zero attached hydrogens (tertiary/aromatic N) is 3. The van der Waals surface area contributed by atoms with Gasteiger partial charge in [-0.2, -0.15) is 5.10 Å². The lowest BCUT2D eigenvalue weighted by atomic mass is 10.1. The maximum Gasteiger partial charge on any atom is 0.191 e. The Hall–Kier alpha value is -0.990. The third-order valence-electron chi connectivity index (χ3n) is 3.56. The fraction of sp³-hybridized carbons (Fsp3) is 0.412. The van der Waals surface area contributed by atoms with Gasteiger partial charge in [0.25, 0.3) is 0 Å². The van der Waals surface area contributed by atoms with Crippen molar-refractivity contribution >= 4 is 53.1 Å². The highest BCUT2D eigenvalue weighted by atomic mass is 127. The van der Waals surface area contributed by atoms with Crippen molar-refractivity contribution in [3.05, 3.63) is 51.8 Å². The molecule has 0 spiro atoms. The predicted molar refractivity (Wildman–Crippen MR) is 116 cm³/mol. The third kappa shape index (κ3) is 7.03. The lowest BCUT2D eigenvalue weighted by molar-refractivity contribution is 0.686. The molecule has 1 aromatic heterocycles. The van der Waals surface area contributed by atoms with E-state index < -0.39 is 0 Å². The van der Waals surface area contributed by atoms with Crippen molar-refractivity contribution < 1.29 is 0 Å².